The van der Waals surface area contributed by atoms with Crippen molar-refractivity contribution < 1.29 is 14.7 Å². The van der Waals surface area contributed by atoms with Crippen LogP contribution in [0.15, 0.2) is 17.0 Å². The fraction of sp³-hybridized carbons (Fsp3) is 0.273. The maximum absolute atomic E-state index is 11.4. The lowest BCUT2D eigenvalue weighted by atomic mass is 10.1. The number of ketones is 1. The highest BCUT2D eigenvalue weighted by atomic mass is 35.5. The summed E-state index contributed by atoms with van der Waals surface area (Å²) in [7, 11) is 0. The van der Waals surface area contributed by atoms with Crippen molar-refractivity contribution in [3.8, 4) is 0 Å². The van der Waals surface area contributed by atoms with E-state index in [-0.39, 0.29) is 6.61 Å². The zero-order valence-corrected chi connectivity index (χ0v) is 10.4. The molecule has 1 amide bonds. The number of hydrogen-bond donors (Lipinski definition) is 2. The lowest BCUT2D eigenvalue weighted by molar-refractivity contribution is -0.112. The van der Waals surface area contributed by atoms with Gasteiger partial charge in [0.1, 0.15) is 0 Å². The van der Waals surface area contributed by atoms with Gasteiger partial charge >= 0.3 is 0 Å². The Morgan fingerprint density at radius 3 is 2.82 bits per heavy atom. The van der Waals surface area contributed by atoms with E-state index in [1.165, 1.54) is 17.8 Å². The predicted molar refractivity (Wildman–Crippen MR) is 66.8 cm³/mol. The van der Waals surface area contributed by atoms with Gasteiger partial charge in [-0.05, 0) is 18.6 Å². The number of anilines is 1. The fourth-order valence-corrected chi connectivity index (χ4v) is 2.72. The molecule has 17 heavy (non-hydrogen) atoms. The Hall–Kier alpha value is -1.04. The molecule has 0 aliphatic carbocycles. The highest BCUT2D eigenvalue weighted by Gasteiger charge is 2.28. The van der Waals surface area contributed by atoms with Crippen LogP contribution in [0.5, 0.6) is 0 Å². The van der Waals surface area contributed by atoms with Gasteiger partial charge in [0.25, 0.3) is 11.7 Å². The number of amides is 1. The van der Waals surface area contributed by atoms with E-state index in [0.717, 1.165) is 10.6 Å². The number of carbonyl (C=O) groups excluding carboxylic acids is 2. The Morgan fingerprint density at radius 2 is 2.12 bits per heavy atom. The number of Topliss-reactive ketones (excluding diaryl/α,β-unsaturated/α-hetero) is 1. The number of halogens is 1. The van der Waals surface area contributed by atoms with E-state index in [2.05, 4.69) is 5.32 Å². The van der Waals surface area contributed by atoms with Crippen molar-refractivity contribution in [1.29, 1.82) is 0 Å². The molecular formula is C11H10ClNO3S. The number of hydrogen-bond acceptors (Lipinski definition) is 4. The van der Waals surface area contributed by atoms with Gasteiger partial charge in [-0.15, -0.1) is 11.8 Å². The molecule has 0 saturated carbocycles. The summed E-state index contributed by atoms with van der Waals surface area (Å²) in [5, 5.41) is 11.6. The van der Waals surface area contributed by atoms with Gasteiger partial charge < -0.3 is 10.4 Å². The van der Waals surface area contributed by atoms with Gasteiger partial charge in [0, 0.05) is 17.3 Å². The van der Waals surface area contributed by atoms with Crippen molar-refractivity contribution in [2.24, 2.45) is 0 Å². The lowest BCUT2D eigenvalue weighted by Crippen LogP contribution is -2.12. The molecule has 0 bridgehead atoms. The van der Waals surface area contributed by atoms with Gasteiger partial charge in [0.2, 0.25) is 0 Å². The average molecular weight is 272 g/mol. The Morgan fingerprint density at radius 1 is 1.35 bits per heavy atom. The molecular weight excluding hydrogens is 262 g/mol. The first-order chi connectivity index (χ1) is 8.13. The Labute approximate surface area is 107 Å². The molecule has 90 valence electrons. The number of aliphatic hydroxyl groups is 1. The molecule has 0 aromatic heterocycles. The molecule has 1 aliphatic rings. The summed E-state index contributed by atoms with van der Waals surface area (Å²) in [6.45, 7) is 0.130. The van der Waals surface area contributed by atoms with Gasteiger partial charge in [-0.1, -0.05) is 11.6 Å². The first kappa shape index (κ1) is 12.4. The first-order valence-electron chi connectivity index (χ1n) is 5.06. The third-order valence-electron chi connectivity index (χ3n) is 2.33. The first-order valence-corrected chi connectivity index (χ1v) is 6.42. The van der Waals surface area contributed by atoms with E-state index < -0.39 is 11.7 Å². The van der Waals surface area contributed by atoms with Crippen LogP contribution < -0.4 is 5.32 Å². The minimum atomic E-state index is -0.617. The van der Waals surface area contributed by atoms with Crippen molar-refractivity contribution in [3.63, 3.8) is 0 Å². The number of nitrogens with one attached hydrogen (secondary N) is 1. The van der Waals surface area contributed by atoms with Crippen molar-refractivity contribution >= 4 is 40.7 Å². The Kier molecular flexibility index (Phi) is 3.71. The molecule has 0 saturated heterocycles. The van der Waals surface area contributed by atoms with Crippen LogP contribution in [-0.2, 0) is 4.79 Å². The third-order valence-corrected chi connectivity index (χ3v) is 3.90. The van der Waals surface area contributed by atoms with E-state index in [9.17, 15) is 9.59 Å². The van der Waals surface area contributed by atoms with E-state index in [4.69, 9.17) is 16.7 Å². The van der Waals surface area contributed by atoms with Gasteiger partial charge in [-0.2, -0.15) is 0 Å². The molecule has 0 radical (unpaired) electrons. The number of benzene rings is 1. The zero-order chi connectivity index (χ0) is 12.4. The van der Waals surface area contributed by atoms with E-state index in [1.54, 1.807) is 6.07 Å². The molecule has 6 heteroatoms. The minimum Gasteiger partial charge on any atom is -0.396 e. The van der Waals surface area contributed by atoms with Crippen LogP contribution in [0.25, 0.3) is 0 Å². The van der Waals surface area contributed by atoms with E-state index in [1.807, 2.05) is 0 Å². The summed E-state index contributed by atoms with van der Waals surface area (Å²) < 4.78 is 0. The predicted octanol–water partition coefficient (Wildman–Crippen LogP) is 1.95. The summed E-state index contributed by atoms with van der Waals surface area (Å²) in [6, 6.07) is 3.21. The molecule has 0 fully saturated rings. The molecule has 0 unspecified atom stereocenters. The molecule has 2 N–H and O–H groups in total. The molecule has 0 atom stereocenters. The largest absolute Gasteiger partial charge is 0.396 e. The number of thioether (sulfide) groups is 1. The van der Waals surface area contributed by atoms with E-state index in [0.29, 0.717) is 22.7 Å². The number of carbonyl (C=O) groups is 2. The molecule has 1 aliphatic heterocycles. The second-order valence-electron chi connectivity index (χ2n) is 3.54. The fourth-order valence-electron chi connectivity index (χ4n) is 1.50. The molecule has 4 nitrogen and oxygen atoms in total. The molecule has 2 rings (SSSR count). The number of aliphatic hydroxyl groups excluding tert-OH is 1. The smallest absolute Gasteiger partial charge is 0.296 e. The quantitative estimate of drug-likeness (QED) is 0.499. The van der Waals surface area contributed by atoms with Crippen molar-refractivity contribution in [2.75, 3.05) is 17.7 Å². The zero-order valence-electron chi connectivity index (χ0n) is 8.83. The normalized spacial score (nSPS) is 13.8. The van der Waals surface area contributed by atoms with Crippen LogP contribution in [0.4, 0.5) is 5.69 Å². The maximum Gasteiger partial charge on any atom is 0.296 e. The second kappa shape index (κ2) is 5.08. The van der Waals surface area contributed by atoms with Crippen LogP contribution in [0.3, 0.4) is 0 Å². The SMILES string of the molecule is O=C1Nc2cc(SCCCO)c(Cl)cc2C1=O. The van der Waals surface area contributed by atoms with Gasteiger partial charge in [0.05, 0.1) is 16.3 Å². The van der Waals surface area contributed by atoms with E-state index >= 15 is 0 Å². The van der Waals surface area contributed by atoms with Crippen LogP contribution >= 0.6 is 23.4 Å². The average Bonchev–Trinajstić information content (AvgIpc) is 2.56. The summed E-state index contributed by atoms with van der Waals surface area (Å²) in [5.74, 6) is -0.431. The number of rotatable bonds is 4. The van der Waals surface area contributed by atoms with Crippen LogP contribution in [0.1, 0.15) is 16.8 Å². The molecule has 1 heterocycles. The van der Waals surface area contributed by atoms with Crippen molar-refractivity contribution in [1.82, 2.24) is 0 Å². The topological polar surface area (TPSA) is 66.4 Å². The number of fused-ring (bicyclic) bond motifs is 1. The van der Waals surface area contributed by atoms with Crippen LogP contribution in [-0.4, -0.2) is 29.2 Å². The van der Waals surface area contributed by atoms with Crippen LogP contribution in [0, 0.1) is 0 Å². The van der Waals surface area contributed by atoms with Gasteiger partial charge in [-0.25, -0.2) is 0 Å². The molecule has 1 aromatic carbocycles. The third kappa shape index (κ3) is 2.46. The van der Waals surface area contributed by atoms with Crippen molar-refractivity contribution in [3.05, 3.63) is 22.7 Å². The minimum absolute atomic E-state index is 0.130. The summed E-state index contributed by atoms with van der Waals surface area (Å²) in [4.78, 5) is 23.4. The van der Waals surface area contributed by atoms with Crippen molar-refractivity contribution in [2.45, 2.75) is 11.3 Å². The summed E-state index contributed by atoms with van der Waals surface area (Å²) >= 11 is 7.51. The maximum atomic E-state index is 11.4. The standard InChI is InChI=1S/C11H10ClNO3S/c12-7-4-6-8(13-11(16)10(6)15)5-9(7)17-3-1-2-14/h4-5,14H,1-3H2,(H,13,15,16). The summed E-state index contributed by atoms with van der Waals surface area (Å²) in [6.07, 6.45) is 0.670. The molecule has 1 aromatic rings. The van der Waals surface area contributed by atoms with Gasteiger partial charge in [-0.3, -0.25) is 9.59 Å². The highest BCUT2D eigenvalue weighted by Crippen LogP contribution is 2.35. The lowest BCUT2D eigenvalue weighted by Gasteiger charge is -2.06. The highest BCUT2D eigenvalue weighted by molar-refractivity contribution is 7.99. The monoisotopic (exact) mass is 271 g/mol. The Balaban J connectivity index is 2.24. The van der Waals surface area contributed by atoms with Gasteiger partial charge in [0.15, 0.2) is 0 Å². The van der Waals surface area contributed by atoms with Crippen LogP contribution in [0.2, 0.25) is 5.02 Å². The second-order valence-corrected chi connectivity index (χ2v) is 5.08. The Bertz CT molecular complexity index is 490. The summed E-state index contributed by atoms with van der Waals surface area (Å²) in [5.41, 5.74) is 0.836. The molecule has 0 spiro atoms.